The normalized spacial score (nSPS) is 18.1. The molecule has 0 saturated heterocycles. The third-order valence-electron chi connectivity index (χ3n) is 4.33. The zero-order chi connectivity index (χ0) is 15.3. The van der Waals surface area contributed by atoms with Crippen molar-refractivity contribution in [3.63, 3.8) is 0 Å². The fraction of sp³-hybridized carbons (Fsp3) is 0.529. The number of carbonyl (C=O) groups excluding carboxylic acids is 1. The van der Waals surface area contributed by atoms with E-state index in [0.29, 0.717) is 12.0 Å². The summed E-state index contributed by atoms with van der Waals surface area (Å²) in [5, 5.41) is 9.83. The van der Waals surface area contributed by atoms with Crippen molar-refractivity contribution in [3.8, 4) is 0 Å². The average Bonchev–Trinajstić information content (AvgIpc) is 2.98. The number of hydrogen-bond donors (Lipinski definition) is 1. The number of rotatable bonds is 6. The van der Waals surface area contributed by atoms with E-state index in [2.05, 4.69) is 0 Å². The Morgan fingerprint density at radius 1 is 1.24 bits per heavy atom. The fourth-order valence-electron chi connectivity index (χ4n) is 3.24. The van der Waals surface area contributed by atoms with E-state index in [4.69, 9.17) is 4.74 Å². The zero-order valence-electron chi connectivity index (χ0n) is 12.4. The minimum Gasteiger partial charge on any atom is -0.480 e. The lowest BCUT2D eigenvalue weighted by Gasteiger charge is -2.30. The number of carbonyl (C=O) groups is 2. The predicted octanol–water partition coefficient (Wildman–Crippen LogP) is 3.15. The molecule has 0 aliphatic heterocycles. The molecule has 0 aromatic heterocycles. The van der Waals surface area contributed by atoms with Gasteiger partial charge in [-0.05, 0) is 24.8 Å². The lowest BCUT2D eigenvalue weighted by atomic mass is 9.73. The van der Waals surface area contributed by atoms with Crippen molar-refractivity contribution in [2.45, 2.75) is 44.4 Å². The van der Waals surface area contributed by atoms with E-state index in [9.17, 15) is 14.7 Å². The summed E-state index contributed by atoms with van der Waals surface area (Å²) in [7, 11) is 0. The van der Waals surface area contributed by atoms with Gasteiger partial charge < -0.3 is 9.84 Å². The van der Waals surface area contributed by atoms with Crippen molar-refractivity contribution >= 4 is 11.9 Å². The molecule has 1 aliphatic carbocycles. The summed E-state index contributed by atoms with van der Waals surface area (Å²) >= 11 is 0. The molecule has 0 bridgehead atoms. The Labute approximate surface area is 125 Å². The number of ether oxygens (including phenoxy) is 1. The Kier molecular flexibility index (Phi) is 4.99. The summed E-state index contributed by atoms with van der Waals surface area (Å²) in [5.41, 5.74) is -1.06. The van der Waals surface area contributed by atoms with Crippen LogP contribution in [0.15, 0.2) is 30.3 Å². The number of carboxylic acid groups (broad SMARTS) is 1. The molecule has 1 N–H and O–H groups in total. The van der Waals surface area contributed by atoms with Crippen molar-refractivity contribution in [2.24, 2.45) is 5.92 Å². The highest BCUT2D eigenvalue weighted by Gasteiger charge is 2.50. The minimum atomic E-state index is -1.58. The largest absolute Gasteiger partial charge is 0.480 e. The van der Waals surface area contributed by atoms with E-state index < -0.39 is 17.4 Å². The second-order valence-electron chi connectivity index (χ2n) is 5.65. The highest BCUT2D eigenvalue weighted by atomic mass is 16.5. The molecular weight excluding hydrogens is 268 g/mol. The quantitative estimate of drug-likeness (QED) is 0.645. The lowest BCUT2D eigenvalue weighted by Crippen LogP contribution is -2.46. The number of benzene rings is 1. The summed E-state index contributed by atoms with van der Waals surface area (Å²) in [4.78, 5) is 24.5. The molecule has 0 amide bonds. The van der Waals surface area contributed by atoms with Crippen molar-refractivity contribution in [1.82, 2.24) is 0 Å². The molecule has 1 aliphatic rings. The van der Waals surface area contributed by atoms with Gasteiger partial charge in [0.1, 0.15) is 0 Å². The molecule has 21 heavy (non-hydrogen) atoms. The fourth-order valence-corrected chi connectivity index (χ4v) is 3.24. The Morgan fingerprint density at radius 3 is 2.38 bits per heavy atom. The van der Waals surface area contributed by atoms with Crippen LogP contribution in [0.2, 0.25) is 0 Å². The maximum Gasteiger partial charge on any atom is 0.328 e. The first-order chi connectivity index (χ1) is 10.1. The summed E-state index contributed by atoms with van der Waals surface area (Å²) in [6.07, 6.45) is 4.52. The maximum atomic E-state index is 12.5. The van der Waals surface area contributed by atoms with Gasteiger partial charge in [0.15, 0.2) is 5.41 Å². The Hall–Kier alpha value is -1.84. The zero-order valence-corrected chi connectivity index (χ0v) is 12.4. The third kappa shape index (κ3) is 3.09. The molecule has 0 radical (unpaired) electrons. The minimum absolute atomic E-state index is 0.186. The SMILES string of the molecule is CCOC(=O)C(CC1CCCC1)(C(=O)O)c1ccccc1. The molecule has 1 fully saturated rings. The first-order valence-electron chi connectivity index (χ1n) is 7.57. The van der Waals surface area contributed by atoms with Crippen molar-refractivity contribution in [2.75, 3.05) is 6.61 Å². The maximum absolute atomic E-state index is 12.5. The summed E-state index contributed by atoms with van der Waals surface area (Å²) in [5.74, 6) is -1.49. The van der Waals surface area contributed by atoms with Crippen LogP contribution >= 0.6 is 0 Å². The van der Waals surface area contributed by atoms with Crippen LogP contribution in [0.4, 0.5) is 0 Å². The molecular formula is C17H22O4. The smallest absolute Gasteiger partial charge is 0.328 e. The van der Waals surface area contributed by atoms with Crippen LogP contribution in [-0.2, 0) is 19.7 Å². The topological polar surface area (TPSA) is 63.6 Å². The second kappa shape index (κ2) is 6.74. The molecule has 0 heterocycles. The van der Waals surface area contributed by atoms with Gasteiger partial charge in [-0.25, -0.2) is 0 Å². The van der Waals surface area contributed by atoms with Crippen LogP contribution in [0.1, 0.15) is 44.6 Å². The molecule has 4 nitrogen and oxygen atoms in total. The molecule has 0 spiro atoms. The van der Waals surface area contributed by atoms with Crippen LogP contribution in [0.3, 0.4) is 0 Å². The van der Waals surface area contributed by atoms with Gasteiger partial charge >= 0.3 is 11.9 Å². The van der Waals surface area contributed by atoms with Crippen LogP contribution in [0.25, 0.3) is 0 Å². The molecule has 1 aromatic rings. The van der Waals surface area contributed by atoms with E-state index in [1.807, 2.05) is 6.07 Å². The molecule has 2 rings (SSSR count). The van der Waals surface area contributed by atoms with Gasteiger partial charge in [0.05, 0.1) is 6.61 Å². The highest BCUT2D eigenvalue weighted by molar-refractivity contribution is 6.05. The van der Waals surface area contributed by atoms with Gasteiger partial charge in [0.25, 0.3) is 0 Å². The lowest BCUT2D eigenvalue weighted by molar-refractivity contribution is -0.162. The second-order valence-corrected chi connectivity index (χ2v) is 5.65. The third-order valence-corrected chi connectivity index (χ3v) is 4.33. The standard InChI is InChI=1S/C17H22O4/c1-2-21-16(20)17(15(18)19,12-13-8-6-7-9-13)14-10-4-3-5-11-14/h3-5,10-11,13H,2,6-9,12H2,1H3,(H,18,19). The van der Waals surface area contributed by atoms with Crippen molar-refractivity contribution in [1.29, 1.82) is 0 Å². The van der Waals surface area contributed by atoms with E-state index >= 15 is 0 Å². The van der Waals surface area contributed by atoms with Crippen molar-refractivity contribution in [3.05, 3.63) is 35.9 Å². The van der Waals surface area contributed by atoms with Crippen LogP contribution < -0.4 is 0 Å². The molecule has 4 heteroatoms. The van der Waals surface area contributed by atoms with Crippen LogP contribution in [-0.4, -0.2) is 23.7 Å². The first-order valence-corrected chi connectivity index (χ1v) is 7.57. The van der Waals surface area contributed by atoms with Gasteiger partial charge in [-0.3, -0.25) is 9.59 Å². The Morgan fingerprint density at radius 2 is 1.86 bits per heavy atom. The Bertz CT molecular complexity index is 491. The van der Waals surface area contributed by atoms with Gasteiger partial charge in [-0.1, -0.05) is 56.0 Å². The molecule has 1 unspecified atom stereocenters. The highest BCUT2D eigenvalue weighted by Crippen LogP contribution is 2.39. The van der Waals surface area contributed by atoms with E-state index in [-0.39, 0.29) is 12.5 Å². The first kappa shape index (κ1) is 15.5. The summed E-state index contributed by atoms with van der Waals surface area (Å²) in [6.45, 7) is 1.89. The van der Waals surface area contributed by atoms with E-state index in [1.54, 1.807) is 31.2 Å². The Balaban J connectivity index is 2.43. The molecule has 1 aromatic carbocycles. The van der Waals surface area contributed by atoms with E-state index in [0.717, 1.165) is 25.7 Å². The molecule has 1 atom stereocenters. The summed E-state index contributed by atoms with van der Waals surface area (Å²) in [6, 6.07) is 8.76. The average molecular weight is 290 g/mol. The number of aliphatic carboxylic acids is 1. The predicted molar refractivity (Wildman–Crippen MR) is 79.0 cm³/mol. The summed E-state index contributed by atoms with van der Waals surface area (Å²) < 4.78 is 5.11. The molecule has 1 saturated carbocycles. The van der Waals surface area contributed by atoms with Crippen molar-refractivity contribution < 1.29 is 19.4 Å². The number of carboxylic acids is 1. The van der Waals surface area contributed by atoms with Gasteiger partial charge in [0.2, 0.25) is 0 Å². The van der Waals surface area contributed by atoms with Gasteiger partial charge in [-0.15, -0.1) is 0 Å². The van der Waals surface area contributed by atoms with Gasteiger partial charge in [0, 0.05) is 0 Å². The molecule has 114 valence electrons. The van der Waals surface area contributed by atoms with Gasteiger partial charge in [-0.2, -0.15) is 0 Å². The van der Waals surface area contributed by atoms with E-state index in [1.165, 1.54) is 0 Å². The van der Waals surface area contributed by atoms with Crippen LogP contribution in [0, 0.1) is 5.92 Å². The van der Waals surface area contributed by atoms with Crippen LogP contribution in [0.5, 0.6) is 0 Å². The monoisotopic (exact) mass is 290 g/mol. The number of hydrogen-bond acceptors (Lipinski definition) is 3. The number of esters is 1.